The first-order chi connectivity index (χ1) is 14.0. The van der Waals surface area contributed by atoms with Crippen molar-refractivity contribution in [3.63, 3.8) is 0 Å². The molecule has 3 aromatic rings. The number of fused-ring (bicyclic) bond motifs is 2. The van der Waals surface area contributed by atoms with Crippen LogP contribution in [0.2, 0.25) is 0 Å². The molecule has 0 bridgehead atoms. The number of carbonyl (C=O) groups is 1. The summed E-state index contributed by atoms with van der Waals surface area (Å²) in [6.45, 7) is 5.03. The first kappa shape index (κ1) is 17.8. The second kappa shape index (κ2) is 6.65. The van der Waals surface area contributed by atoms with Crippen LogP contribution in [0.25, 0.3) is 0 Å². The number of amides is 1. The fourth-order valence-corrected chi connectivity index (χ4v) is 4.45. The molecule has 0 saturated heterocycles. The summed E-state index contributed by atoms with van der Waals surface area (Å²) in [5, 5.41) is 4.60. The molecule has 0 aliphatic carbocycles. The molecule has 2 aliphatic heterocycles. The molecule has 29 heavy (non-hydrogen) atoms. The summed E-state index contributed by atoms with van der Waals surface area (Å²) in [6, 6.07) is 15.8. The Balaban J connectivity index is 1.66. The summed E-state index contributed by atoms with van der Waals surface area (Å²) >= 11 is 0. The molecule has 6 heteroatoms. The lowest BCUT2D eigenvalue weighted by Crippen LogP contribution is -2.29. The number of hydrogen-bond donors (Lipinski definition) is 0. The van der Waals surface area contributed by atoms with Gasteiger partial charge in [-0.25, -0.2) is 0 Å². The molecule has 0 spiro atoms. The molecule has 1 amide bonds. The molecule has 6 nitrogen and oxygen atoms in total. The lowest BCUT2D eigenvalue weighted by atomic mass is 9.94. The Hall–Kier alpha value is -3.28. The van der Waals surface area contributed by atoms with Crippen molar-refractivity contribution in [2.45, 2.75) is 32.4 Å². The van der Waals surface area contributed by atoms with Gasteiger partial charge in [0.15, 0.2) is 17.2 Å². The molecule has 2 aliphatic rings. The summed E-state index contributed by atoms with van der Waals surface area (Å²) in [6.07, 6.45) is 0. The Morgan fingerprint density at radius 1 is 1.10 bits per heavy atom. The van der Waals surface area contributed by atoms with E-state index in [4.69, 9.17) is 9.47 Å². The highest BCUT2D eigenvalue weighted by Gasteiger charge is 2.43. The van der Waals surface area contributed by atoms with Crippen molar-refractivity contribution >= 4 is 5.91 Å². The molecule has 1 atom stereocenters. The number of aryl methyl sites for hydroxylation is 1. The molecule has 1 aromatic heterocycles. The summed E-state index contributed by atoms with van der Waals surface area (Å²) in [5.41, 5.74) is 4.74. The Morgan fingerprint density at radius 2 is 1.86 bits per heavy atom. The standard InChI is InChI=1S/C23H23N3O3/c1-14(2)21-19-20(24-25(21)3)23(27)26(12-15-7-5-4-6-8-15)22(19)16-9-10-17-18(11-16)29-13-28-17/h4-11,14,22H,12-13H2,1-3H3. The van der Waals surface area contributed by atoms with Gasteiger partial charge in [-0.2, -0.15) is 5.10 Å². The van der Waals surface area contributed by atoms with Gasteiger partial charge in [0.2, 0.25) is 6.79 Å². The number of carbonyl (C=O) groups excluding carboxylic acids is 1. The van der Waals surface area contributed by atoms with Gasteiger partial charge in [0.1, 0.15) is 0 Å². The molecule has 1 unspecified atom stereocenters. The maximum Gasteiger partial charge on any atom is 0.275 e. The van der Waals surface area contributed by atoms with Gasteiger partial charge < -0.3 is 14.4 Å². The van der Waals surface area contributed by atoms with Gasteiger partial charge in [-0.15, -0.1) is 0 Å². The first-order valence-corrected chi connectivity index (χ1v) is 9.86. The molecular formula is C23H23N3O3. The highest BCUT2D eigenvalue weighted by Crippen LogP contribution is 2.45. The number of ether oxygens (including phenoxy) is 2. The van der Waals surface area contributed by atoms with E-state index in [-0.39, 0.29) is 24.7 Å². The van der Waals surface area contributed by atoms with Crippen molar-refractivity contribution in [1.82, 2.24) is 14.7 Å². The molecular weight excluding hydrogens is 366 g/mol. The van der Waals surface area contributed by atoms with Gasteiger partial charge in [0, 0.05) is 24.8 Å². The molecule has 0 radical (unpaired) electrons. The average Bonchev–Trinajstić information content (AvgIpc) is 3.37. The van der Waals surface area contributed by atoms with E-state index in [1.165, 1.54) is 0 Å². The zero-order chi connectivity index (χ0) is 20.1. The Bertz CT molecular complexity index is 1090. The third-order valence-electron chi connectivity index (χ3n) is 5.63. The van der Waals surface area contributed by atoms with Gasteiger partial charge in [0.05, 0.1) is 6.04 Å². The lowest BCUT2D eigenvalue weighted by Gasteiger charge is -2.27. The fourth-order valence-electron chi connectivity index (χ4n) is 4.45. The van der Waals surface area contributed by atoms with E-state index in [1.54, 1.807) is 0 Å². The van der Waals surface area contributed by atoms with E-state index in [2.05, 4.69) is 18.9 Å². The number of benzene rings is 2. The zero-order valence-electron chi connectivity index (χ0n) is 16.8. The van der Waals surface area contributed by atoms with Crippen LogP contribution in [0.5, 0.6) is 11.5 Å². The van der Waals surface area contributed by atoms with Crippen LogP contribution in [-0.2, 0) is 13.6 Å². The van der Waals surface area contributed by atoms with Gasteiger partial charge in [-0.3, -0.25) is 9.48 Å². The summed E-state index contributed by atoms with van der Waals surface area (Å²) in [4.78, 5) is 15.3. The van der Waals surface area contributed by atoms with E-state index in [9.17, 15) is 4.79 Å². The minimum atomic E-state index is -0.210. The van der Waals surface area contributed by atoms with Crippen LogP contribution >= 0.6 is 0 Å². The van der Waals surface area contributed by atoms with E-state index >= 15 is 0 Å². The van der Waals surface area contributed by atoms with E-state index in [1.807, 2.05) is 65.2 Å². The smallest absolute Gasteiger partial charge is 0.275 e. The SMILES string of the molecule is CC(C)c1c2c(nn1C)C(=O)N(Cc1ccccc1)C2c1ccc2c(c1)OCO2. The number of aromatic nitrogens is 2. The van der Waals surface area contributed by atoms with Crippen LogP contribution in [0.3, 0.4) is 0 Å². The summed E-state index contributed by atoms with van der Waals surface area (Å²) < 4.78 is 12.9. The second-order valence-corrected chi connectivity index (χ2v) is 7.86. The van der Waals surface area contributed by atoms with Gasteiger partial charge >= 0.3 is 0 Å². The molecule has 148 valence electrons. The molecule has 2 aromatic carbocycles. The van der Waals surface area contributed by atoms with E-state index in [0.717, 1.165) is 33.9 Å². The molecule has 3 heterocycles. The predicted octanol–water partition coefficient (Wildman–Crippen LogP) is 4.02. The molecule has 5 rings (SSSR count). The molecule has 0 N–H and O–H groups in total. The van der Waals surface area contributed by atoms with Crippen molar-refractivity contribution < 1.29 is 14.3 Å². The van der Waals surface area contributed by atoms with Crippen molar-refractivity contribution in [2.24, 2.45) is 7.05 Å². The van der Waals surface area contributed by atoms with Crippen molar-refractivity contribution in [3.05, 3.63) is 76.6 Å². The quantitative estimate of drug-likeness (QED) is 0.676. The van der Waals surface area contributed by atoms with Crippen LogP contribution in [-0.4, -0.2) is 27.4 Å². The number of hydrogen-bond acceptors (Lipinski definition) is 4. The van der Waals surface area contributed by atoms with Gasteiger partial charge in [-0.05, 0) is 29.2 Å². The van der Waals surface area contributed by atoms with Crippen LogP contribution in [0, 0.1) is 0 Å². The largest absolute Gasteiger partial charge is 0.454 e. The highest BCUT2D eigenvalue weighted by molar-refractivity contribution is 5.98. The Labute approximate surface area is 169 Å². The fraction of sp³-hybridized carbons (Fsp3) is 0.304. The minimum Gasteiger partial charge on any atom is -0.454 e. The predicted molar refractivity (Wildman–Crippen MR) is 108 cm³/mol. The number of nitrogens with zero attached hydrogens (tertiary/aromatic N) is 3. The van der Waals surface area contributed by atoms with Crippen LogP contribution < -0.4 is 9.47 Å². The third-order valence-corrected chi connectivity index (χ3v) is 5.63. The monoisotopic (exact) mass is 389 g/mol. The van der Waals surface area contributed by atoms with E-state index in [0.29, 0.717) is 12.2 Å². The normalized spacial score (nSPS) is 17.3. The maximum atomic E-state index is 13.4. The topological polar surface area (TPSA) is 56.6 Å². The summed E-state index contributed by atoms with van der Waals surface area (Å²) in [5.74, 6) is 1.67. The minimum absolute atomic E-state index is 0.0333. The van der Waals surface area contributed by atoms with Crippen molar-refractivity contribution in [1.29, 1.82) is 0 Å². The summed E-state index contributed by atoms with van der Waals surface area (Å²) in [7, 11) is 1.92. The first-order valence-electron chi connectivity index (χ1n) is 9.86. The zero-order valence-corrected chi connectivity index (χ0v) is 16.8. The Morgan fingerprint density at radius 3 is 2.62 bits per heavy atom. The molecule has 0 saturated carbocycles. The van der Waals surface area contributed by atoms with Crippen LogP contribution in [0.1, 0.15) is 58.7 Å². The third kappa shape index (κ3) is 2.78. The van der Waals surface area contributed by atoms with Gasteiger partial charge in [0.25, 0.3) is 5.91 Å². The van der Waals surface area contributed by atoms with Crippen molar-refractivity contribution in [2.75, 3.05) is 6.79 Å². The lowest BCUT2D eigenvalue weighted by molar-refractivity contribution is 0.0727. The van der Waals surface area contributed by atoms with Crippen LogP contribution in [0.4, 0.5) is 0 Å². The maximum absolute atomic E-state index is 13.4. The van der Waals surface area contributed by atoms with Crippen molar-refractivity contribution in [3.8, 4) is 11.5 Å². The van der Waals surface area contributed by atoms with E-state index < -0.39 is 0 Å². The van der Waals surface area contributed by atoms with Crippen LogP contribution in [0.15, 0.2) is 48.5 Å². The number of rotatable bonds is 4. The molecule has 0 fully saturated rings. The Kier molecular flexibility index (Phi) is 4.08. The average molecular weight is 389 g/mol. The highest BCUT2D eigenvalue weighted by atomic mass is 16.7. The second-order valence-electron chi connectivity index (χ2n) is 7.86. The van der Waals surface area contributed by atoms with Gasteiger partial charge in [-0.1, -0.05) is 50.2 Å².